The summed E-state index contributed by atoms with van der Waals surface area (Å²) in [5, 5.41) is 5.93. The Morgan fingerprint density at radius 1 is 1.00 bits per heavy atom. The third-order valence-corrected chi connectivity index (χ3v) is 5.54. The summed E-state index contributed by atoms with van der Waals surface area (Å²) in [6, 6.07) is 5.45. The summed E-state index contributed by atoms with van der Waals surface area (Å²) in [7, 11) is 1.57. The number of hydrogen-bond acceptors (Lipinski definition) is 4. The van der Waals surface area contributed by atoms with Crippen molar-refractivity contribution >= 4 is 23.2 Å². The van der Waals surface area contributed by atoms with Gasteiger partial charge in [-0.15, -0.1) is 0 Å². The first-order chi connectivity index (χ1) is 12.6. The molecule has 4 N–H and O–H groups in total. The van der Waals surface area contributed by atoms with E-state index in [0.717, 1.165) is 44.9 Å². The second-order valence-corrected chi connectivity index (χ2v) is 7.50. The Bertz CT molecular complexity index is 656. The van der Waals surface area contributed by atoms with E-state index in [-0.39, 0.29) is 29.7 Å². The van der Waals surface area contributed by atoms with Gasteiger partial charge in [-0.25, -0.2) is 0 Å². The number of amides is 2. The van der Waals surface area contributed by atoms with Gasteiger partial charge in [-0.2, -0.15) is 0 Å². The molecule has 1 aromatic carbocycles. The Hall–Kier alpha value is -2.08. The highest BCUT2D eigenvalue weighted by Crippen LogP contribution is 2.31. The number of anilines is 2. The maximum Gasteiger partial charge on any atom is 0.227 e. The molecule has 2 amide bonds. The van der Waals surface area contributed by atoms with Crippen molar-refractivity contribution in [3.63, 3.8) is 0 Å². The van der Waals surface area contributed by atoms with Crippen molar-refractivity contribution in [1.82, 2.24) is 0 Å². The molecule has 2 unspecified atom stereocenters. The van der Waals surface area contributed by atoms with Gasteiger partial charge in [-0.1, -0.05) is 19.3 Å². The molecule has 2 fully saturated rings. The molecule has 0 aliphatic heterocycles. The van der Waals surface area contributed by atoms with Gasteiger partial charge in [0.2, 0.25) is 11.8 Å². The minimum absolute atomic E-state index is 0.00678. The zero-order valence-electron chi connectivity index (χ0n) is 15.4. The minimum Gasteiger partial charge on any atom is -0.495 e. The van der Waals surface area contributed by atoms with Gasteiger partial charge in [0.25, 0.3) is 0 Å². The Morgan fingerprint density at radius 3 is 2.38 bits per heavy atom. The van der Waals surface area contributed by atoms with Crippen LogP contribution in [0, 0.1) is 11.8 Å². The zero-order valence-corrected chi connectivity index (χ0v) is 15.4. The normalized spacial score (nSPS) is 23.5. The van der Waals surface area contributed by atoms with Gasteiger partial charge >= 0.3 is 0 Å². The molecule has 2 aliphatic carbocycles. The van der Waals surface area contributed by atoms with Crippen LogP contribution in [-0.4, -0.2) is 25.0 Å². The van der Waals surface area contributed by atoms with Crippen LogP contribution in [0.4, 0.5) is 11.4 Å². The van der Waals surface area contributed by atoms with Crippen molar-refractivity contribution in [2.24, 2.45) is 17.6 Å². The molecule has 0 spiro atoms. The molecule has 142 valence electrons. The first-order valence-corrected chi connectivity index (χ1v) is 9.62. The first-order valence-electron chi connectivity index (χ1n) is 9.62. The maximum absolute atomic E-state index is 12.5. The van der Waals surface area contributed by atoms with E-state index < -0.39 is 0 Å². The van der Waals surface area contributed by atoms with Crippen molar-refractivity contribution in [2.75, 3.05) is 17.7 Å². The molecule has 3 rings (SSSR count). The van der Waals surface area contributed by atoms with E-state index in [1.165, 1.54) is 6.42 Å². The van der Waals surface area contributed by atoms with Crippen molar-refractivity contribution in [3.05, 3.63) is 18.2 Å². The Labute approximate surface area is 154 Å². The average Bonchev–Trinajstić information content (AvgIpc) is 3.09. The summed E-state index contributed by atoms with van der Waals surface area (Å²) >= 11 is 0. The monoisotopic (exact) mass is 359 g/mol. The maximum atomic E-state index is 12.5. The topological polar surface area (TPSA) is 93.4 Å². The number of benzene rings is 1. The fourth-order valence-corrected chi connectivity index (χ4v) is 3.98. The van der Waals surface area contributed by atoms with Gasteiger partial charge in [-0.3, -0.25) is 9.59 Å². The molecular weight excluding hydrogens is 330 g/mol. The molecule has 26 heavy (non-hydrogen) atoms. The SMILES string of the molecule is COc1ccc(NC(=O)C2CCC(N)C2)cc1NC(=O)C1CCCCC1. The van der Waals surface area contributed by atoms with Crippen molar-refractivity contribution in [3.8, 4) is 5.75 Å². The first kappa shape index (κ1) is 18.7. The van der Waals surface area contributed by atoms with E-state index in [9.17, 15) is 9.59 Å². The summed E-state index contributed by atoms with van der Waals surface area (Å²) in [4.78, 5) is 25.0. The van der Waals surface area contributed by atoms with Crippen LogP contribution in [0.2, 0.25) is 0 Å². The van der Waals surface area contributed by atoms with E-state index in [1.807, 2.05) is 0 Å². The Morgan fingerprint density at radius 2 is 1.73 bits per heavy atom. The molecule has 6 nitrogen and oxygen atoms in total. The van der Waals surface area contributed by atoms with E-state index in [2.05, 4.69) is 10.6 Å². The number of rotatable bonds is 5. The standard InChI is InChI=1S/C20H29N3O3/c1-26-18-10-9-16(22-20(25)14-7-8-15(21)11-14)12-17(18)23-19(24)13-5-3-2-4-6-13/h9-10,12-15H,2-8,11,21H2,1H3,(H,22,25)(H,23,24). The van der Waals surface area contributed by atoms with Crippen LogP contribution in [0.15, 0.2) is 18.2 Å². The van der Waals surface area contributed by atoms with Crippen LogP contribution >= 0.6 is 0 Å². The molecule has 2 atom stereocenters. The fourth-order valence-electron chi connectivity index (χ4n) is 3.98. The molecule has 6 heteroatoms. The second-order valence-electron chi connectivity index (χ2n) is 7.50. The van der Waals surface area contributed by atoms with E-state index >= 15 is 0 Å². The third kappa shape index (κ3) is 4.55. The highest BCUT2D eigenvalue weighted by Gasteiger charge is 2.28. The lowest BCUT2D eigenvalue weighted by Crippen LogP contribution is -2.25. The molecule has 0 heterocycles. The van der Waals surface area contributed by atoms with Crippen LogP contribution in [-0.2, 0) is 9.59 Å². The average molecular weight is 359 g/mol. The quantitative estimate of drug-likeness (QED) is 0.752. The number of methoxy groups -OCH3 is 1. The lowest BCUT2D eigenvalue weighted by molar-refractivity contribution is -0.121. The molecule has 0 bridgehead atoms. The van der Waals surface area contributed by atoms with Gasteiger partial charge < -0.3 is 21.1 Å². The number of ether oxygens (including phenoxy) is 1. The summed E-state index contributed by atoms with van der Waals surface area (Å²) in [6.07, 6.45) is 7.74. The fraction of sp³-hybridized carbons (Fsp3) is 0.600. The van der Waals surface area contributed by atoms with Gasteiger partial charge in [0, 0.05) is 23.6 Å². The number of nitrogens with two attached hydrogens (primary N) is 1. The second kappa shape index (κ2) is 8.54. The van der Waals surface area contributed by atoms with Gasteiger partial charge in [0.1, 0.15) is 5.75 Å². The molecular formula is C20H29N3O3. The third-order valence-electron chi connectivity index (χ3n) is 5.54. The van der Waals surface area contributed by atoms with E-state index in [4.69, 9.17) is 10.5 Å². The van der Waals surface area contributed by atoms with E-state index in [1.54, 1.807) is 25.3 Å². The van der Waals surface area contributed by atoms with Gasteiger partial charge in [0.05, 0.1) is 12.8 Å². The highest BCUT2D eigenvalue weighted by molar-refractivity contribution is 5.97. The van der Waals surface area contributed by atoms with Crippen LogP contribution in [0.25, 0.3) is 0 Å². The number of carbonyl (C=O) groups excluding carboxylic acids is 2. The van der Waals surface area contributed by atoms with Gasteiger partial charge in [0.15, 0.2) is 0 Å². The van der Waals surface area contributed by atoms with Gasteiger partial charge in [-0.05, 0) is 50.3 Å². The molecule has 2 aliphatic rings. The number of nitrogens with one attached hydrogen (secondary N) is 2. The van der Waals surface area contributed by atoms with Crippen LogP contribution in [0.3, 0.4) is 0 Å². The van der Waals surface area contributed by atoms with Crippen molar-refractivity contribution < 1.29 is 14.3 Å². The zero-order chi connectivity index (χ0) is 18.5. The number of carbonyl (C=O) groups is 2. The molecule has 1 aromatic rings. The van der Waals surface area contributed by atoms with E-state index in [0.29, 0.717) is 17.1 Å². The molecule has 2 saturated carbocycles. The summed E-state index contributed by atoms with van der Waals surface area (Å²) in [6.45, 7) is 0. The van der Waals surface area contributed by atoms with Crippen molar-refractivity contribution in [2.45, 2.75) is 57.4 Å². The largest absolute Gasteiger partial charge is 0.495 e. The van der Waals surface area contributed by atoms with Crippen molar-refractivity contribution in [1.29, 1.82) is 0 Å². The highest BCUT2D eigenvalue weighted by atomic mass is 16.5. The van der Waals surface area contributed by atoms with Crippen LogP contribution < -0.4 is 21.1 Å². The smallest absolute Gasteiger partial charge is 0.227 e. The predicted octanol–water partition coefficient (Wildman–Crippen LogP) is 3.28. The minimum atomic E-state index is -0.0348. The molecule has 0 saturated heterocycles. The predicted molar refractivity (Wildman–Crippen MR) is 102 cm³/mol. The van der Waals surface area contributed by atoms with Crippen LogP contribution in [0.5, 0.6) is 5.75 Å². The lowest BCUT2D eigenvalue weighted by Gasteiger charge is -2.21. The Kier molecular flexibility index (Phi) is 6.14. The van der Waals surface area contributed by atoms with Crippen LogP contribution in [0.1, 0.15) is 51.4 Å². The number of hydrogen-bond donors (Lipinski definition) is 3. The Balaban J connectivity index is 1.67. The molecule has 0 radical (unpaired) electrons. The lowest BCUT2D eigenvalue weighted by atomic mass is 9.88. The summed E-state index contributed by atoms with van der Waals surface area (Å²) in [5.41, 5.74) is 7.16. The summed E-state index contributed by atoms with van der Waals surface area (Å²) < 4.78 is 5.36. The molecule has 0 aromatic heterocycles. The summed E-state index contributed by atoms with van der Waals surface area (Å²) in [5.74, 6) is 0.648.